The Kier molecular flexibility index (Phi) is 6.12. The minimum Gasteiger partial charge on any atom is -0.352 e. The minimum absolute atomic E-state index is 0.0672. The lowest BCUT2D eigenvalue weighted by Crippen LogP contribution is -2.32. The number of hydrogen-bond donors (Lipinski definition) is 2. The van der Waals surface area contributed by atoms with E-state index < -0.39 is 0 Å². The van der Waals surface area contributed by atoms with Crippen LogP contribution in [0.5, 0.6) is 0 Å². The SMILES string of the molecule is O=C(Cc1ccccc1Cl)NCc1cccc(NC(=O)N2CCCC2)c1. The summed E-state index contributed by atoms with van der Waals surface area (Å²) in [7, 11) is 0. The zero-order valence-electron chi connectivity index (χ0n) is 14.5. The van der Waals surface area contributed by atoms with Crippen LogP contribution in [0.25, 0.3) is 0 Å². The topological polar surface area (TPSA) is 61.4 Å². The highest BCUT2D eigenvalue weighted by atomic mass is 35.5. The van der Waals surface area contributed by atoms with E-state index in [1.807, 2.05) is 47.4 Å². The number of carbonyl (C=O) groups is 2. The maximum absolute atomic E-state index is 12.2. The maximum atomic E-state index is 12.2. The Balaban J connectivity index is 1.52. The molecule has 0 aromatic heterocycles. The summed E-state index contributed by atoms with van der Waals surface area (Å²) in [5, 5.41) is 6.40. The summed E-state index contributed by atoms with van der Waals surface area (Å²) in [5.41, 5.74) is 2.47. The van der Waals surface area contributed by atoms with Crippen molar-refractivity contribution in [2.45, 2.75) is 25.8 Å². The zero-order chi connectivity index (χ0) is 18.4. The average Bonchev–Trinajstić information content (AvgIpc) is 3.17. The highest BCUT2D eigenvalue weighted by Gasteiger charge is 2.17. The summed E-state index contributed by atoms with van der Waals surface area (Å²) in [5.74, 6) is -0.0930. The van der Waals surface area contributed by atoms with Crippen LogP contribution >= 0.6 is 11.6 Å². The van der Waals surface area contributed by atoms with Crippen molar-refractivity contribution in [3.63, 3.8) is 0 Å². The number of urea groups is 1. The van der Waals surface area contributed by atoms with Gasteiger partial charge in [0.1, 0.15) is 0 Å². The third-order valence-electron chi connectivity index (χ3n) is 4.37. The Hall–Kier alpha value is -2.53. The number of carbonyl (C=O) groups excluding carboxylic acids is 2. The van der Waals surface area contributed by atoms with Gasteiger partial charge in [0.2, 0.25) is 5.91 Å². The van der Waals surface area contributed by atoms with Crippen LogP contribution in [0.2, 0.25) is 5.02 Å². The van der Waals surface area contributed by atoms with Crippen LogP contribution in [0.4, 0.5) is 10.5 Å². The van der Waals surface area contributed by atoms with Crippen molar-refractivity contribution >= 4 is 29.2 Å². The van der Waals surface area contributed by atoms with Gasteiger partial charge >= 0.3 is 6.03 Å². The Morgan fingerprint density at radius 3 is 2.58 bits per heavy atom. The van der Waals surface area contributed by atoms with Crippen molar-refractivity contribution in [3.8, 4) is 0 Å². The first-order valence-electron chi connectivity index (χ1n) is 8.77. The Morgan fingerprint density at radius 2 is 1.81 bits per heavy atom. The van der Waals surface area contributed by atoms with Crippen molar-refractivity contribution in [2.24, 2.45) is 0 Å². The van der Waals surface area contributed by atoms with Crippen LogP contribution in [-0.2, 0) is 17.8 Å². The van der Waals surface area contributed by atoms with E-state index in [0.29, 0.717) is 11.6 Å². The smallest absolute Gasteiger partial charge is 0.321 e. The van der Waals surface area contributed by atoms with Gasteiger partial charge in [0, 0.05) is 30.3 Å². The molecule has 3 amide bonds. The van der Waals surface area contributed by atoms with E-state index in [9.17, 15) is 9.59 Å². The van der Waals surface area contributed by atoms with Crippen LogP contribution in [-0.4, -0.2) is 29.9 Å². The molecule has 0 saturated carbocycles. The van der Waals surface area contributed by atoms with Gasteiger partial charge in [0.05, 0.1) is 6.42 Å². The van der Waals surface area contributed by atoms with E-state index in [1.54, 1.807) is 6.07 Å². The monoisotopic (exact) mass is 371 g/mol. The molecule has 0 atom stereocenters. The Labute approximate surface area is 158 Å². The van der Waals surface area contributed by atoms with Gasteiger partial charge in [-0.05, 0) is 42.2 Å². The van der Waals surface area contributed by atoms with E-state index in [-0.39, 0.29) is 18.4 Å². The fraction of sp³-hybridized carbons (Fsp3) is 0.300. The quantitative estimate of drug-likeness (QED) is 0.839. The minimum atomic E-state index is -0.0930. The molecule has 6 heteroatoms. The molecule has 0 aliphatic carbocycles. The van der Waals surface area contributed by atoms with Crippen LogP contribution in [0.15, 0.2) is 48.5 Å². The molecule has 0 radical (unpaired) electrons. The number of benzene rings is 2. The van der Waals surface area contributed by atoms with Crippen molar-refractivity contribution in [1.29, 1.82) is 0 Å². The summed E-state index contributed by atoms with van der Waals surface area (Å²) in [6.45, 7) is 2.02. The van der Waals surface area contributed by atoms with Crippen LogP contribution in [0, 0.1) is 0 Å². The lowest BCUT2D eigenvalue weighted by Gasteiger charge is -2.16. The molecule has 0 unspecified atom stereocenters. The fourth-order valence-electron chi connectivity index (χ4n) is 2.96. The second kappa shape index (κ2) is 8.72. The molecule has 1 aliphatic rings. The lowest BCUT2D eigenvalue weighted by molar-refractivity contribution is -0.120. The second-order valence-electron chi connectivity index (χ2n) is 6.37. The average molecular weight is 372 g/mol. The summed E-state index contributed by atoms with van der Waals surface area (Å²) < 4.78 is 0. The van der Waals surface area contributed by atoms with Gasteiger partial charge in [-0.1, -0.05) is 41.9 Å². The number of likely N-dealkylation sites (tertiary alicyclic amines) is 1. The molecule has 1 saturated heterocycles. The molecule has 5 nitrogen and oxygen atoms in total. The van der Waals surface area contributed by atoms with E-state index in [2.05, 4.69) is 10.6 Å². The van der Waals surface area contributed by atoms with Gasteiger partial charge in [0.15, 0.2) is 0 Å². The largest absolute Gasteiger partial charge is 0.352 e. The molecule has 0 spiro atoms. The van der Waals surface area contributed by atoms with E-state index in [1.165, 1.54) is 0 Å². The molecule has 1 fully saturated rings. The predicted molar refractivity (Wildman–Crippen MR) is 103 cm³/mol. The van der Waals surface area contributed by atoms with Gasteiger partial charge in [-0.2, -0.15) is 0 Å². The number of amides is 3. The van der Waals surface area contributed by atoms with Crippen LogP contribution in [0.3, 0.4) is 0 Å². The molecule has 2 N–H and O–H groups in total. The fourth-order valence-corrected chi connectivity index (χ4v) is 3.16. The molecular formula is C20H22ClN3O2. The predicted octanol–water partition coefficient (Wildman–Crippen LogP) is 3.83. The van der Waals surface area contributed by atoms with Gasteiger partial charge in [0.25, 0.3) is 0 Å². The van der Waals surface area contributed by atoms with Crippen molar-refractivity contribution in [1.82, 2.24) is 10.2 Å². The van der Waals surface area contributed by atoms with Crippen LogP contribution in [0.1, 0.15) is 24.0 Å². The highest BCUT2D eigenvalue weighted by Crippen LogP contribution is 2.16. The third kappa shape index (κ3) is 4.99. The van der Waals surface area contributed by atoms with Gasteiger partial charge in [-0.3, -0.25) is 4.79 Å². The van der Waals surface area contributed by atoms with Crippen molar-refractivity contribution in [3.05, 3.63) is 64.7 Å². The number of nitrogens with zero attached hydrogens (tertiary/aromatic N) is 1. The summed E-state index contributed by atoms with van der Waals surface area (Å²) in [6, 6.07) is 14.8. The van der Waals surface area contributed by atoms with E-state index >= 15 is 0 Å². The molecule has 136 valence electrons. The second-order valence-corrected chi connectivity index (χ2v) is 6.78. The summed E-state index contributed by atoms with van der Waals surface area (Å²) >= 11 is 6.08. The molecule has 0 bridgehead atoms. The Morgan fingerprint density at radius 1 is 1.04 bits per heavy atom. The molecule has 1 aliphatic heterocycles. The molecule has 26 heavy (non-hydrogen) atoms. The van der Waals surface area contributed by atoms with Gasteiger partial charge in [-0.25, -0.2) is 4.79 Å². The lowest BCUT2D eigenvalue weighted by atomic mass is 10.1. The van der Waals surface area contributed by atoms with Crippen LogP contribution < -0.4 is 10.6 Å². The molecule has 2 aromatic rings. The molecule has 1 heterocycles. The first-order chi connectivity index (χ1) is 12.6. The first kappa shape index (κ1) is 18.3. The van der Waals surface area contributed by atoms with E-state index in [4.69, 9.17) is 11.6 Å². The Bertz CT molecular complexity index is 788. The van der Waals surface area contributed by atoms with Crippen molar-refractivity contribution < 1.29 is 9.59 Å². The third-order valence-corrected chi connectivity index (χ3v) is 4.74. The zero-order valence-corrected chi connectivity index (χ0v) is 15.3. The summed E-state index contributed by atoms with van der Waals surface area (Å²) in [6.07, 6.45) is 2.36. The van der Waals surface area contributed by atoms with Gasteiger partial charge < -0.3 is 15.5 Å². The molecular weight excluding hydrogens is 350 g/mol. The normalized spacial score (nSPS) is 13.5. The number of anilines is 1. The molecule has 2 aromatic carbocycles. The molecule has 3 rings (SSSR count). The van der Waals surface area contributed by atoms with Crippen molar-refractivity contribution in [2.75, 3.05) is 18.4 Å². The van der Waals surface area contributed by atoms with Gasteiger partial charge in [-0.15, -0.1) is 0 Å². The standard InChI is InChI=1S/C20H22ClN3O2/c21-18-9-2-1-7-16(18)13-19(25)22-14-15-6-5-8-17(12-15)23-20(26)24-10-3-4-11-24/h1-2,5-9,12H,3-4,10-11,13-14H2,(H,22,25)(H,23,26). The maximum Gasteiger partial charge on any atom is 0.321 e. The van der Waals surface area contributed by atoms with E-state index in [0.717, 1.165) is 42.7 Å². The number of nitrogens with one attached hydrogen (secondary N) is 2. The number of rotatable bonds is 5. The number of halogens is 1. The summed E-state index contributed by atoms with van der Waals surface area (Å²) in [4.78, 5) is 26.1. The highest BCUT2D eigenvalue weighted by molar-refractivity contribution is 6.31. The number of hydrogen-bond acceptors (Lipinski definition) is 2. The first-order valence-corrected chi connectivity index (χ1v) is 9.14.